The zero-order chi connectivity index (χ0) is 21.4. The van der Waals surface area contributed by atoms with Crippen molar-refractivity contribution in [3.8, 4) is 0 Å². The zero-order valence-corrected chi connectivity index (χ0v) is 19.5. The van der Waals surface area contributed by atoms with Crippen LogP contribution in [0.1, 0.15) is 41.7 Å². The van der Waals surface area contributed by atoms with Crippen molar-refractivity contribution in [3.05, 3.63) is 27.8 Å². The molecule has 1 aliphatic rings. The number of hydrogen-bond acceptors (Lipinski definition) is 3. The molecule has 0 radical (unpaired) electrons. The molecule has 1 saturated heterocycles. The summed E-state index contributed by atoms with van der Waals surface area (Å²) in [4.78, 5) is 15.7. The predicted molar refractivity (Wildman–Crippen MR) is 112 cm³/mol. The van der Waals surface area contributed by atoms with Gasteiger partial charge in [-0.1, -0.05) is 0 Å². The highest BCUT2D eigenvalue weighted by Gasteiger charge is 2.34. The minimum absolute atomic E-state index is 0.109. The van der Waals surface area contributed by atoms with Crippen LogP contribution in [0.3, 0.4) is 0 Å². The molecular weight excluding hydrogens is 374 g/mol. The number of quaternary nitrogens is 1. The Kier molecular flexibility index (Phi) is 6.94. The summed E-state index contributed by atoms with van der Waals surface area (Å²) in [6.07, 6.45) is 0. The van der Waals surface area contributed by atoms with Crippen LogP contribution in [0.25, 0.3) is 0 Å². The Morgan fingerprint density at radius 3 is 1.82 bits per heavy atom. The van der Waals surface area contributed by atoms with Crippen LogP contribution in [0.2, 0.25) is 0 Å². The van der Waals surface area contributed by atoms with Crippen LogP contribution in [0, 0.1) is 34.6 Å². The van der Waals surface area contributed by atoms with E-state index in [9.17, 15) is 13.2 Å². The maximum atomic E-state index is 13.4. The molecule has 2 rings (SSSR count). The van der Waals surface area contributed by atoms with Crippen molar-refractivity contribution in [3.63, 3.8) is 0 Å². The van der Waals surface area contributed by atoms with E-state index in [2.05, 4.69) is 0 Å². The van der Waals surface area contributed by atoms with Crippen LogP contribution in [0.5, 0.6) is 0 Å². The van der Waals surface area contributed by atoms with Crippen molar-refractivity contribution in [2.24, 2.45) is 0 Å². The van der Waals surface area contributed by atoms with Gasteiger partial charge >= 0.3 is 0 Å². The van der Waals surface area contributed by atoms with E-state index in [0.29, 0.717) is 37.6 Å². The van der Waals surface area contributed by atoms with Gasteiger partial charge in [0.05, 0.1) is 31.1 Å². The van der Waals surface area contributed by atoms with Gasteiger partial charge in [-0.05, 0) is 76.3 Å². The van der Waals surface area contributed by atoms with E-state index in [0.717, 1.165) is 32.7 Å². The Balaban J connectivity index is 2.18. The van der Waals surface area contributed by atoms with Gasteiger partial charge in [-0.25, -0.2) is 8.42 Å². The van der Waals surface area contributed by atoms with E-state index in [1.807, 2.05) is 55.5 Å². The lowest BCUT2D eigenvalue weighted by atomic mass is 9.95. The molecule has 158 valence electrons. The monoisotopic (exact) mass is 410 g/mol. The molecule has 0 atom stereocenters. The summed E-state index contributed by atoms with van der Waals surface area (Å²) in [5.41, 5.74) is 4.96. The molecule has 1 aliphatic heterocycles. The van der Waals surface area contributed by atoms with Gasteiger partial charge in [0.25, 0.3) is 5.91 Å². The Hall–Kier alpha value is -1.44. The van der Waals surface area contributed by atoms with Gasteiger partial charge in [-0.2, -0.15) is 4.31 Å². The fraction of sp³-hybridized carbons (Fsp3) is 0.667. The maximum Gasteiger partial charge on any atom is 0.277 e. The average molecular weight is 411 g/mol. The Labute approximate surface area is 170 Å². The quantitative estimate of drug-likeness (QED) is 0.787. The number of benzene rings is 1. The number of likely N-dealkylation sites (N-methyl/N-ethyl adjacent to an activating group) is 1. The summed E-state index contributed by atoms with van der Waals surface area (Å²) in [7, 11) is -1.72. The number of nitrogens with zero attached hydrogens (tertiary/aromatic N) is 2. The van der Waals surface area contributed by atoms with Crippen LogP contribution < -0.4 is 4.90 Å². The lowest BCUT2D eigenvalue weighted by molar-refractivity contribution is -0.896. The molecule has 0 saturated carbocycles. The standard InChI is InChI=1S/C21H35N3O3S/c1-14(2)22(8)20(25)13-23-9-11-24(12-10-23)28(26,27)21-18(6)16(4)15(3)17(5)19(21)7/h14H,9-13H2,1-8H3/p+1. The molecule has 1 fully saturated rings. The number of nitrogens with one attached hydrogen (secondary N) is 1. The molecule has 6 nitrogen and oxygen atoms in total. The van der Waals surface area contributed by atoms with Crippen molar-refractivity contribution in [1.82, 2.24) is 9.21 Å². The van der Waals surface area contributed by atoms with Gasteiger partial charge in [-0.3, -0.25) is 4.79 Å². The van der Waals surface area contributed by atoms with Crippen LogP contribution in [0.4, 0.5) is 0 Å². The van der Waals surface area contributed by atoms with Gasteiger partial charge in [0.2, 0.25) is 10.0 Å². The number of amides is 1. The van der Waals surface area contributed by atoms with Gasteiger partial charge in [-0.15, -0.1) is 0 Å². The lowest BCUT2D eigenvalue weighted by Gasteiger charge is -2.33. The molecule has 0 aliphatic carbocycles. The molecule has 1 heterocycles. The number of hydrogen-bond donors (Lipinski definition) is 1. The molecule has 0 unspecified atom stereocenters. The second-order valence-corrected chi connectivity index (χ2v) is 10.3. The van der Waals surface area contributed by atoms with Crippen molar-refractivity contribution >= 4 is 15.9 Å². The van der Waals surface area contributed by atoms with Crippen molar-refractivity contribution < 1.29 is 18.1 Å². The number of carbonyl (C=O) groups excluding carboxylic acids is 1. The molecule has 0 spiro atoms. The first-order valence-electron chi connectivity index (χ1n) is 10.1. The number of piperazine rings is 1. The topological polar surface area (TPSA) is 62.1 Å². The first kappa shape index (κ1) is 22.8. The molecule has 1 aromatic rings. The fourth-order valence-corrected chi connectivity index (χ4v) is 5.83. The second-order valence-electron chi connectivity index (χ2n) is 8.38. The van der Waals surface area contributed by atoms with Crippen LogP contribution >= 0.6 is 0 Å². The molecule has 28 heavy (non-hydrogen) atoms. The van der Waals surface area contributed by atoms with Crippen LogP contribution in [-0.4, -0.2) is 69.3 Å². The third kappa shape index (κ3) is 4.26. The summed E-state index contributed by atoms with van der Waals surface area (Å²) in [6.45, 7) is 16.5. The van der Waals surface area contributed by atoms with E-state index >= 15 is 0 Å². The Bertz CT molecular complexity index is 825. The average Bonchev–Trinajstić information content (AvgIpc) is 2.64. The lowest BCUT2D eigenvalue weighted by Crippen LogP contribution is -3.15. The van der Waals surface area contributed by atoms with Gasteiger partial charge in [0.1, 0.15) is 0 Å². The molecule has 1 amide bonds. The highest BCUT2D eigenvalue weighted by atomic mass is 32.2. The van der Waals surface area contributed by atoms with Crippen LogP contribution in [-0.2, 0) is 14.8 Å². The number of rotatable bonds is 5. The summed E-state index contributed by atoms with van der Waals surface area (Å²) < 4.78 is 28.4. The molecule has 0 bridgehead atoms. The van der Waals surface area contributed by atoms with E-state index in [1.54, 1.807) is 9.21 Å². The Morgan fingerprint density at radius 1 is 0.964 bits per heavy atom. The van der Waals surface area contributed by atoms with Crippen molar-refractivity contribution in [1.29, 1.82) is 0 Å². The first-order valence-corrected chi connectivity index (χ1v) is 11.5. The zero-order valence-electron chi connectivity index (χ0n) is 18.6. The third-order valence-electron chi connectivity index (χ3n) is 6.53. The summed E-state index contributed by atoms with van der Waals surface area (Å²) in [6, 6.07) is 0.174. The molecular formula is C21H36N3O3S+. The van der Waals surface area contributed by atoms with E-state index in [1.165, 1.54) is 0 Å². The van der Waals surface area contributed by atoms with Gasteiger partial charge < -0.3 is 9.80 Å². The Morgan fingerprint density at radius 2 is 1.39 bits per heavy atom. The second kappa shape index (κ2) is 8.51. The molecule has 7 heteroatoms. The van der Waals surface area contributed by atoms with E-state index in [4.69, 9.17) is 0 Å². The summed E-state index contributed by atoms with van der Waals surface area (Å²) >= 11 is 0. The largest absolute Gasteiger partial charge is 0.338 e. The highest BCUT2D eigenvalue weighted by Crippen LogP contribution is 2.31. The highest BCUT2D eigenvalue weighted by molar-refractivity contribution is 7.89. The van der Waals surface area contributed by atoms with Gasteiger partial charge in [0, 0.05) is 13.1 Å². The molecule has 0 aromatic heterocycles. The minimum Gasteiger partial charge on any atom is -0.338 e. The number of carbonyl (C=O) groups is 1. The maximum absolute atomic E-state index is 13.4. The predicted octanol–water partition coefficient (Wildman–Crippen LogP) is 0.985. The van der Waals surface area contributed by atoms with E-state index in [-0.39, 0.29) is 11.9 Å². The third-order valence-corrected chi connectivity index (χ3v) is 8.70. The molecule has 1 N–H and O–H groups in total. The first-order chi connectivity index (χ1) is 12.9. The fourth-order valence-electron chi connectivity index (χ4n) is 3.83. The van der Waals surface area contributed by atoms with Gasteiger partial charge in [0.15, 0.2) is 6.54 Å². The molecule has 1 aromatic carbocycles. The van der Waals surface area contributed by atoms with Crippen molar-refractivity contribution in [2.45, 2.75) is 59.4 Å². The minimum atomic E-state index is -3.54. The van der Waals surface area contributed by atoms with E-state index < -0.39 is 10.0 Å². The smallest absolute Gasteiger partial charge is 0.277 e. The summed E-state index contributed by atoms with van der Waals surface area (Å²) in [5.74, 6) is 0.109. The van der Waals surface area contributed by atoms with Crippen molar-refractivity contribution in [2.75, 3.05) is 39.8 Å². The normalized spacial score (nSPS) is 16.6. The van der Waals surface area contributed by atoms with Crippen LogP contribution in [0.15, 0.2) is 4.90 Å². The number of sulfonamides is 1. The summed E-state index contributed by atoms with van der Waals surface area (Å²) in [5, 5.41) is 0. The SMILES string of the molecule is Cc1c(C)c(C)c(S(=O)(=O)N2CC[NH+](CC(=O)N(C)C(C)C)CC2)c(C)c1C.